The van der Waals surface area contributed by atoms with Gasteiger partial charge in [-0.1, -0.05) is 12.1 Å². The van der Waals surface area contributed by atoms with Gasteiger partial charge in [0, 0.05) is 36.8 Å². The summed E-state index contributed by atoms with van der Waals surface area (Å²) in [5, 5.41) is 18.3. The van der Waals surface area contributed by atoms with Crippen LogP contribution < -0.4 is 16.0 Å². The van der Waals surface area contributed by atoms with Crippen molar-refractivity contribution in [3.05, 3.63) is 65.2 Å². The molecule has 0 aromatic heterocycles. The number of carbonyl (C=O) groups is 1. The van der Waals surface area contributed by atoms with Crippen LogP contribution in [-0.2, 0) is 0 Å². The van der Waals surface area contributed by atoms with Crippen molar-refractivity contribution in [1.82, 2.24) is 16.0 Å². The summed E-state index contributed by atoms with van der Waals surface area (Å²) in [4.78, 5) is 16.4. The molecule has 0 aliphatic rings. The maximum atomic E-state index is 13.9. The molecule has 1 unspecified atom stereocenters. The van der Waals surface area contributed by atoms with E-state index < -0.39 is 17.7 Å². The molecule has 164 valence electrons. The Morgan fingerprint density at radius 1 is 1.17 bits per heavy atom. The molecule has 30 heavy (non-hydrogen) atoms. The van der Waals surface area contributed by atoms with Crippen LogP contribution in [0.15, 0.2) is 47.5 Å². The first-order chi connectivity index (χ1) is 13.9. The Bertz CT molecular complexity index is 865. The topological polar surface area (TPSA) is 85.8 Å². The van der Waals surface area contributed by atoms with Crippen LogP contribution in [0.4, 0.5) is 8.78 Å². The number of hydrogen-bond donors (Lipinski definition) is 4. The first kappa shape index (κ1) is 25.6. The number of halogens is 3. The summed E-state index contributed by atoms with van der Waals surface area (Å²) < 4.78 is 27.0. The molecule has 2 rings (SSSR count). The van der Waals surface area contributed by atoms with E-state index in [0.29, 0.717) is 43.1 Å². The number of nitrogens with zero attached hydrogens (tertiary/aromatic N) is 1. The Hall–Kier alpha value is -2.43. The zero-order valence-corrected chi connectivity index (χ0v) is 19.2. The highest BCUT2D eigenvalue weighted by Crippen LogP contribution is 2.17. The number of aliphatic imine (C=N–C) groups is 1. The quantitative estimate of drug-likeness (QED) is 0.181. The smallest absolute Gasteiger partial charge is 0.251 e. The monoisotopic (exact) mass is 532 g/mol. The third kappa shape index (κ3) is 8.13. The Labute approximate surface area is 192 Å². The average Bonchev–Trinajstić information content (AvgIpc) is 2.67. The number of hydrogen-bond acceptors (Lipinski definition) is 3. The predicted octanol–water partition coefficient (Wildman–Crippen LogP) is 3.72. The van der Waals surface area contributed by atoms with Gasteiger partial charge in [0.15, 0.2) is 5.96 Å². The number of phenolic OH excluding ortho intramolecular Hbond substituents is 1. The lowest BCUT2D eigenvalue weighted by atomic mass is 10.1. The fraction of sp³-hybridized carbons (Fsp3) is 0.333. The fourth-order valence-electron chi connectivity index (χ4n) is 2.68. The van der Waals surface area contributed by atoms with Crippen molar-refractivity contribution in [3.63, 3.8) is 0 Å². The number of rotatable bonds is 8. The van der Waals surface area contributed by atoms with Crippen molar-refractivity contribution in [1.29, 1.82) is 0 Å². The summed E-state index contributed by atoms with van der Waals surface area (Å²) in [5.74, 6) is -0.962. The van der Waals surface area contributed by atoms with Crippen LogP contribution in [0.5, 0.6) is 5.75 Å². The van der Waals surface area contributed by atoms with E-state index in [1.165, 1.54) is 24.3 Å². The van der Waals surface area contributed by atoms with Gasteiger partial charge in [-0.25, -0.2) is 8.78 Å². The van der Waals surface area contributed by atoms with Crippen molar-refractivity contribution in [2.45, 2.75) is 26.3 Å². The van der Waals surface area contributed by atoms with Crippen molar-refractivity contribution in [3.8, 4) is 5.75 Å². The summed E-state index contributed by atoms with van der Waals surface area (Å²) in [6, 6.07) is 9.20. The minimum atomic E-state index is -0.619. The number of aromatic hydroxyl groups is 1. The molecule has 6 nitrogen and oxygen atoms in total. The second-order valence-electron chi connectivity index (χ2n) is 6.45. The maximum Gasteiger partial charge on any atom is 0.251 e. The Kier molecular flexibility index (Phi) is 11.1. The molecule has 1 amide bonds. The molecule has 0 saturated heterocycles. The molecule has 0 aliphatic carbocycles. The fourth-order valence-corrected chi connectivity index (χ4v) is 2.68. The Balaban J connectivity index is 0.00000450. The predicted molar refractivity (Wildman–Crippen MR) is 124 cm³/mol. The minimum absolute atomic E-state index is 0. The molecular formula is C21H27F2IN4O2. The molecule has 0 heterocycles. The average molecular weight is 532 g/mol. The van der Waals surface area contributed by atoms with Crippen LogP contribution in [0.2, 0.25) is 0 Å². The molecule has 2 aromatic carbocycles. The zero-order valence-electron chi connectivity index (χ0n) is 16.9. The summed E-state index contributed by atoms with van der Waals surface area (Å²) >= 11 is 0. The molecule has 4 N–H and O–H groups in total. The van der Waals surface area contributed by atoms with Crippen LogP contribution >= 0.6 is 24.0 Å². The summed E-state index contributed by atoms with van der Waals surface area (Å²) in [6.45, 7) is 5.15. The molecule has 0 saturated carbocycles. The van der Waals surface area contributed by atoms with E-state index in [-0.39, 0.29) is 35.6 Å². The molecule has 0 fully saturated rings. The van der Waals surface area contributed by atoms with Gasteiger partial charge in [-0.15, -0.1) is 24.0 Å². The highest BCUT2D eigenvalue weighted by Gasteiger charge is 2.13. The lowest BCUT2D eigenvalue weighted by molar-refractivity contribution is 0.0953. The number of nitrogens with one attached hydrogen (secondary N) is 3. The van der Waals surface area contributed by atoms with Crippen LogP contribution in [0.25, 0.3) is 0 Å². The van der Waals surface area contributed by atoms with Crippen LogP contribution in [-0.4, -0.2) is 36.6 Å². The van der Waals surface area contributed by atoms with Crippen molar-refractivity contribution in [2.24, 2.45) is 4.99 Å². The van der Waals surface area contributed by atoms with Gasteiger partial charge >= 0.3 is 0 Å². The number of benzene rings is 2. The molecule has 0 aliphatic heterocycles. The van der Waals surface area contributed by atoms with E-state index in [1.807, 2.05) is 6.92 Å². The SMILES string of the molecule is CCNC(=NCCCNC(=O)c1cccc(O)c1)NC(C)c1ccc(F)cc1F.I. The highest BCUT2D eigenvalue weighted by molar-refractivity contribution is 14.0. The summed E-state index contributed by atoms with van der Waals surface area (Å²) in [7, 11) is 0. The number of phenols is 1. The van der Waals surface area contributed by atoms with E-state index in [9.17, 15) is 18.7 Å². The Morgan fingerprint density at radius 2 is 1.93 bits per heavy atom. The second kappa shape index (κ2) is 13.0. The van der Waals surface area contributed by atoms with Crippen LogP contribution in [0.1, 0.15) is 42.2 Å². The van der Waals surface area contributed by atoms with E-state index in [1.54, 1.807) is 19.1 Å². The van der Waals surface area contributed by atoms with Gasteiger partial charge in [-0.05, 0) is 44.5 Å². The van der Waals surface area contributed by atoms with Crippen molar-refractivity contribution >= 4 is 35.8 Å². The van der Waals surface area contributed by atoms with Gasteiger partial charge in [-0.2, -0.15) is 0 Å². The van der Waals surface area contributed by atoms with E-state index in [4.69, 9.17) is 0 Å². The van der Waals surface area contributed by atoms with Gasteiger partial charge in [-0.3, -0.25) is 9.79 Å². The summed E-state index contributed by atoms with van der Waals surface area (Å²) in [5.41, 5.74) is 0.731. The van der Waals surface area contributed by atoms with Gasteiger partial charge in [0.1, 0.15) is 17.4 Å². The third-order valence-corrected chi connectivity index (χ3v) is 4.13. The molecule has 1 atom stereocenters. The molecule has 0 radical (unpaired) electrons. The molecule has 0 bridgehead atoms. The molecular weight excluding hydrogens is 505 g/mol. The zero-order chi connectivity index (χ0) is 21.2. The number of amides is 1. The van der Waals surface area contributed by atoms with Crippen molar-refractivity contribution in [2.75, 3.05) is 19.6 Å². The Morgan fingerprint density at radius 3 is 2.60 bits per heavy atom. The normalized spacial score (nSPS) is 11.9. The summed E-state index contributed by atoms with van der Waals surface area (Å²) in [6.07, 6.45) is 0.598. The van der Waals surface area contributed by atoms with E-state index in [2.05, 4.69) is 20.9 Å². The van der Waals surface area contributed by atoms with Gasteiger partial charge in [0.25, 0.3) is 5.91 Å². The van der Waals surface area contributed by atoms with Gasteiger partial charge in [0.05, 0.1) is 6.04 Å². The molecule has 9 heteroatoms. The largest absolute Gasteiger partial charge is 0.508 e. The van der Waals surface area contributed by atoms with Gasteiger partial charge in [0.2, 0.25) is 0 Å². The first-order valence-electron chi connectivity index (χ1n) is 9.47. The highest BCUT2D eigenvalue weighted by atomic mass is 127. The van der Waals surface area contributed by atoms with E-state index >= 15 is 0 Å². The molecule has 2 aromatic rings. The lowest BCUT2D eigenvalue weighted by Gasteiger charge is -2.18. The van der Waals surface area contributed by atoms with E-state index in [0.717, 1.165) is 6.07 Å². The standard InChI is InChI=1S/C21H26F2N4O2.HI/c1-3-24-21(27-14(2)18-9-8-16(22)13-19(18)23)26-11-5-10-25-20(29)15-6-4-7-17(28)12-15;/h4,6-9,12-14,28H,3,5,10-11H2,1-2H3,(H,25,29)(H2,24,26,27);1H. The maximum absolute atomic E-state index is 13.9. The van der Waals surface area contributed by atoms with Crippen LogP contribution in [0, 0.1) is 11.6 Å². The lowest BCUT2D eigenvalue weighted by Crippen LogP contribution is -2.39. The second-order valence-corrected chi connectivity index (χ2v) is 6.45. The first-order valence-corrected chi connectivity index (χ1v) is 9.47. The minimum Gasteiger partial charge on any atom is -0.508 e. The third-order valence-electron chi connectivity index (χ3n) is 4.13. The van der Waals surface area contributed by atoms with Crippen LogP contribution in [0.3, 0.4) is 0 Å². The van der Waals surface area contributed by atoms with Gasteiger partial charge < -0.3 is 21.1 Å². The number of carbonyl (C=O) groups excluding carboxylic acids is 1. The molecule has 0 spiro atoms. The number of guanidine groups is 1. The van der Waals surface area contributed by atoms with Crippen molar-refractivity contribution < 1.29 is 18.7 Å².